The van der Waals surface area contributed by atoms with Gasteiger partial charge in [0.2, 0.25) is 0 Å². The van der Waals surface area contributed by atoms with E-state index in [4.69, 9.17) is 5.11 Å². The van der Waals surface area contributed by atoms with Gasteiger partial charge in [0.15, 0.2) is 0 Å². The second-order valence-corrected chi connectivity index (χ2v) is 6.21. The van der Waals surface area contributed by atoms with Crippen LogP contribution in [0, 0.1) is 0 Å². The molecule has 0 aliphatic rings. The Bertz CT molecular complexity index is 925. The van der Waals surface area contributed by atoms with Gasteiger partial charge in [0.1, 0.15) is 10.9 Å². The van der Waals surface area contributed by atoms with Gasteiger partial charge in [0.05, 0.1) is 11.7 Å². The zero-order valence-corrected chi connectivity index (χ0v) is 13.6. The molecule has 0 saturated heterocycles. The molecule has 0 fully saturated rings. The molecule has 6 heteroatoms. The third-order valence-electron chi connectivity index (χ3n) is 3.97. The molecule has 0 spiro atoms. The van der Waals surface area contributed by atoms with Gasteiger partial charge in [-0.2, -0.15) is 0 Å². The van der Waals surface area contributed by atoms with E-state index in [0.717, 1.165) is 17.5 Å². The number of benzene rings is 1. The molecule has 0 amide bonds. The van der Waals surface area contributed by atoms with E-state index in [-0.39, 0.29) is 5.56 Å². The minimum atomic E-state index is -1.06. The number of carbonyl (C=O) groups is 1. The molecule has 2 aromatic heterocycles. The lowest BCUT2D eigenvalue weighted by molar-refractivity contribution is -0.140. The van der Waals surface area contributed by atoms with Crippen LogP contribution in [0.15, 0.2) is 40.8 Å². The number of rotatable bonds is 4. The first-order chi connectivity index (χ1) is 11.0. The standard InChI is InChI=1S/C17H16N2O3S/c1-3-11-4-6-12(7-5-11)13-8-23-15-14(13)16(20)19(9-18-15)10(2)17(21)22/h4-10H,3H2,1-2H3,(H,21,22)/t10-/m1/s1. The summed E-state index contributed by atoms with van der Waals surface area (Å²) in [5.41, 5.74) is 2.65. The third-order valence-corrected chi connectivity index (χ3v) is 4.85. The molecule has 0 radical (unpaired) electrons. The van der Waals surface area contributed by atoms with E-state index >= 15 is 0 Å². The first-order valence-corrected chi connectivity index (χ1v) is 8.21. The van der Waals surface area contributed by atoms with Crippen LogP contribution >= 0.6 is 11.3 Å². The summed E-state index contributed by atoms with van der Waals surface area (Å²) in [7, 11) is 0. The van der Waals surface area contributed by atoms with E-state index in [2.05, 4.69) is 11.9 Å². The molecule has 3 rings (SSSR count). The van der Waals surface area contributed by atoms with Crippen LogP contribution < -0.4 is 5.56 Å². The minimum absolute atomic E-state index is 0.319. The van der Waals surface area contributed by atoms with Crippen molar-refractivity contribution < 1.29 is 9.90 Å². The molecule has 1 aromatic carbocycles. The zero-order chi connectivity index (χ0) is 16.6. The van der Waals surface area contributed by atoms with E-state index in [0.29, 0.717) is 10.2 Å². The molecule has 3 aromatic rings. The maximum absolute atomic E-state index is 12.7. The lowest BCUT2D eigenvalue weighted by Gasteiger charge is -2.10. The molecule has 1 N–H and O–H groups in total. The van der Waals surface area contributed by atoms with Gasteiger partial charge in [0.25, 0.3) is 5.56 Å². The van der Waals surface area contributed by atoms with Gasteiger partial charge in [0, 0.05) is 10.9 Å². The van der Waals surface area contributed by atoms with Crippen LogP contribution in [0.4, 0.5) is 0 Å². The van der Waals surface area contributed by atoms with Gasteiger partial charge in [-0.25, -0.2) is 9.78 Å². The summed E-state index contributed by atoms with van der Waals surface area (Å²) in [5, 5.41) is 11.5. The van der Waals surface area contributed by atoms with E-state index < -0.39 is 12.0 Å². The maximum Gasteiger partial charge on any atom is 0.326 e. The molecule has 0 bridgehead atoms. The normalized spacial score (nSPS) is 12.4. The van der Waals surface area contributed by atoms with Gasteiger partial charge < -0.3 is 5.11 Å². The van der Waals surface area contributed by atoms with Crippen molar-refractivity contribution in [1.29, 1.82) is 0 Å². The first kappa shape index (κ1) is 15.4. The third kappa shape index (κ3) is 2.66. The van der Waals surface area contributed by atoms with Crippen LogP contribution in [-0.4, -0.2) is 20.6 Å². The molecule has 0 aliphatic heterocycles. The topological polar surface area (TPSA) is 72.2 Å². The fourth-order valence-electron chi connectivity index (χ4n) is 2.47. The van der Waals surface area contributed by atoms with E-state index in [1.54, 1.807) is 0 Å². The SMILES string of the molecule is CCc1ccc(-c2csc3ncn([C@H](C)C(=O)O)c(=O)c23)cc1. The number of nitrogens with zero attached hydrogens (tertiary/aromatic N) is 2. The summed E-state index contributed by atoms with van der Waals surface area (Å²) in [5.74, 6) is -1.06. The maximum atomic E-state index is 12.7. The number of carboxylic acids is 1. The first-order valence-electron chi connectivity index (χ1n) is 7.33. The van der Waals surface area contributed by atoms with Crippen LogP contribution in [-0.2, 0) is 11.2 Å². The number of hydrogen-bond acceptors (Lipinski definition) is 4. The molecule has 1 atom stereocenters. The Labute approximate surface area is 136 Å². The van der Waals surface area contributed by atoms with Crippen molar-refractivity contribution in [2.75, 3.05) is 0 Å². The average Bonchev–Trinajstić information content (AvgIpc) is 2.99. The summed E-state index contributed by atoms with van der Waals surface area (Å²) >= 11 is 1.39. The second kappa shape index (κ2) is 5.96. The highest BCUT2D eigenvalue weighted by molar-refractivity contribution is 7.17. The molecule has 23 heavy (non-hydrogen) atoms. The Balaban J connectivity index is 2.20. The monoisotopic (exact) mass is 328 g/mol. The van der Waals surface area contributed by atoms with Crippen LogP contribution in [0.25, 0.3) is 21.3 Å². The Kier molecular flexibility index (Phi) is 4.00. The minimum Gasteiger partial charge on any atom is -0.480 e. The van der Waals surface area contributed by atoms with Crippen molar-refractivity contribution >= 4 is 27.5 Å². The predicted octanol–water partition coefficient (Wildman–Crippen LogP) is 3.33. The highest BCUT2D eigenvalue weighted by atomic mass is 32.1. The van der Waals surface area contributed by atoms with Crippen molar-refractivity contribution in [1.82, 2.24) is 9.55 Å². The largest absolute Gasteiger partial charge is 0.480 e. The molecular formula is C17H16N2O3S. The van der Waals surface area contributed by atoms with E-state index in [1.165, 1.54) is 34.7 Å². The highest BCUT2D eigenvalue weighted by Crippen LogP contribution is 2.31. The Morgan fingerprint density at radius 2 is 2.04 bits per heavy atom. The Morgan fingerprint density at radius 3 is 2.65 bits per heavy atom. The molecular weight excluding hydrogens is 312 g/mol. The summed E-state index contributed by atoms with van der Waals surface area (Å²) in [6, 6.07) is 7.09. The van der Waals surface area contributed by atoms with E-state index in [9.17, 15) is 9.59 Å². The quantitative estimate of drug-likeness (QED) is 0.797. The number of aliphatic carboxylic acids is 1. The summed E-state index contributed by atoms with van der Waals surface area (Å²) in [6.07, 6.45) is 2.26. The number of aromatic nitrogens is 2. The molecule has 0 unspecified atom stereocenters. The lowest BCUT2D eigenvalue weighted by Crippen LogP contribution is -2.28. The second-order valence-electron chi connectivity index (χ2n) is 5.35. The zero-order valence-electron chi connectivity index (χ0n) is 12.8. The van der Waals surface area contributed by atoms with Crippen molar-refractivity contribution in [3.8, 4) is 11.1 Å². The average molecular weight is 328 g/mol. The summed E-state index contributed by atoms with van der Waals surface area (Å²) in [6.45, 7) is 3.56. The number of thiophene rings is 1. The van der Waals surface area contributed by atoms with Crippen LogP contribution in [0.5, 0.6) is 0 Å². The molecule has 118 valence electrons. The van der Waals surface area contributed by atoms with Gasteiger partial charge in [-0.3, -0.25) is 9.36 Å². The van der Waals surface area contributed by atoms with Crippen LogP contribution in [0.2, 0.25) is 0 Å². The number of aryl methyl sites for hydroxylation is 1. The van der Waals surface area contributed by atoms with Crippen molar-refractivity contribution in [2.24, 2.45) is 0 Å². The van der Waals surface area contributed by atoms with Crippen molar-refractivity contribution in [3.63, 3.8) is 0 Å². The van der Waals surface area contributed by atoms with E-state index in [1.807, 2.05) is 29.6 Å². The Morgan fingerprint density at radius 1 is 1.35 bits per heavy atom. The fourth-order valence-corrected chi connectivity index (χ4v) is 3.38. The fraction of sp³-hybridized carbons (Fsp3) is 0.235. The molecule has 0 aliphatic carbocycles. The van der Waals surface area contributed by atoms with Gasteiger partial charge in [-0.05, 0) is 24.5 Å². The lowest BCUT2D eigenvalue weighted by atomic mass is 10.0. The molecule has 5 nitrogen and oxygen atoms in total. The van der Waals surface area contributed by atoms with Crippen molar-refractivity contribution in [2.45, 2.75) is 26.3 Å². The smallest absolute Gasteiger partial charge is 0.326 e. The van der Waals surface area contributed by atoms with Gasteiger partial charge in [-0.15, -0.1) is 11.3 Å². The highest BCUT2D eigenvalue weighted by Gasteiger charge is 2.19. The Hall–Kier alpha value is -2.47. The van der Waals surface area contributed by atoms with Crippen LogP contribution in [0.3, 0.4) is 0 Å². The predicted molar refractivity (Wildman–Crippen MR) is 91.0 cm³/mol. The number of carboxylic acid groups (broad SMARTS) is 1. The van der Waals surface area contributed by atoms with Crippen molar-refractivity contribution in [3.05, 3.63) is 51.9 Å². The number of fused-ring (bicyclic) bond motifs is 1. The van der Waals surface area contributed by atoms with Gasteiger partial charge >= 0.3 is 5.97 Å². The van der Waals surface area contributed by atoms with Gasteiger partial charge in [-0.1, -0.05) is 31.2 Å². The molecule has 2 heterocycles. The van der Waals surface area contributed by atoms with Crippen LogP contribution in [0.1, 0.15) is 25.5 Å². The molecule has 0 saturated carbocycles. The number of hydrogen-bond donors (Lipinski definition) is 1. The summed E-state index contributed by atoms with van der Waals surface area (Å²) < 4.78 is 1.17. The summed E-state index contributed by atoms with van der Waals surface area (Å²) in [4.78, 5) is 28.8.